The van der Waals surface area contributed by atoms with Crippen molar-refractivity contribution in [2.45, 2.75) is 13.8 Å². The normalized spacial score (nSPS) is 11.0. The second kappa shape index (κ2) is 9.44. The maximum absolute atomic E-state index is 12.9. The van der Waals surface area contributed by atoms with Crippen LogP contribution in [0.25, 0.3) is 17.0 Å². The van der Waals surface area contributed by atoms with Crippen LogP contribution in [0.5, 0.6) is 23.0 Å². The van der Waals surface area contributed by atoms with Gasteiger partial charge in [-0.05, 0) is 66.9 Å². The van der Waals surface area contributed by atoms with Crippen LogP contribution in [0, 0.1) is 13.8 Å². The first-order valence-electron chi connectivity index (χ1n) is 10.3. The Morgan fingerprint density at radius 1 is 0.909 bits per heavy atom. The zero-order chi connectivity index (χ0) is 23.4. The van der Waals surface area contributed by atoms with Crippen LogP contribution < -0.4 is 19.6 Å². The molecule has 0 aliphatic carbocycles. The van der Waals surface area contributed by atoms with Gasteiger partial charge in [0, 0.05) is 12.1 Å². The second-order valence-electron chi connectivity index (χ2n) is 7.49. The van der Waals surface area contributed by atoms with E-state index in [-0.39, 0.29) is 22.5 Å². The fourth-order valence-corrected chi connectivity index (χ4v) is 3.19. The van der Waals surface area contributed by atoms with Crippen LogP contribution in [-0.2, 0) is 4.79 Å². The molecule has 0 aliphatic heterocycles. The number of ether oxygens (including phenoxy) is 3. The van der Waals surface area contributed by atoms with E-state index in [9.17, 15) is 9.59 Å². The Labute approximate surface area is 190 Å². The number of esters is 1. The van der Waals surface area contributed by atoms with Crippen molar-refractivity contribution in [3.63, 3.8) is 0 Å². The minimum atomic E-state index is -0.553. The lowest BCUT2D eigenvalue weighted by molar-refractivity contribution is -0.128. The molecule has 4 rings (SSSR count). The monoisotopic (exact) mass is 442 g/mol. The summed E-state index contributed by atoms with van der Waals surface area (Å²) in [5, 5.41) is 0.325. The molecular weight excluding hydrogens is 420 g/mol. The first kappa shape index (κ1) is 21.9. The zero-order valence-corrected chi connectivity index (χ0v) is 18.5. The van der Waals surface area contributed by atoms with Gasteiger partial charge in [-0.25, -0.2) is 4.79 Å². The molecule has 6 nitrogen and oxygen atoms in total. The van der Waals surface area contributed by atoms with E-state index in [1.807, 2.05) is 44.2 Å². The van der Waals surface area contributed by atoms with Crippen LogP contribution in [0.2, 0.25) is 0 Å². The fraction of sp³-hybridized carbons (Fsp3) is 0.111. The highest BCUT2D eigenvalue weighted by molar-refractivity contribution is 5.89. The zero-order valence-electron chi connectivity index (χ0n) is 18.5. The van der Waals surface area contributed by atoms with Gasteiger partial charge in [-0.15, -0.1) is 0 Å². The number of fused-ring (bicyclic) bond motifs is 1. The van der Waals surface area contributed by atoms with Gasteiger partial charge in [-0.3, -0.25) is 4.79 Å². The van der Waals surface area contributed by atoms with Gasteiger partial charge < -0.3 is 18.6 Å². The predicted molar refractivity (Wildman–Crippen MR) is 126 cm³/mol. The molecular formula is C27H22O6. The molecule has 0 fully saturated rings. The van der Waals surface area contributed by atoms with Crippen LogP contribution in [0.15, 0.2) is 82.2 Å². The lowest BCUT2D eigenvalue weighted by atomic mass is 10.1. The number of carbonyl (C=O) groups is 1. The highest BCUT2D eigenvalue weighted by atomic mass is 16.5. The molecule has 0 aliphatic rings. The van der Waals surface area contributed by atoms with Crippen molar-refractivity contribution < 1.29 is 23.4 Å². The second-order valence-corrected chi connectivity index (χ2v) is 7.49. The quantitative estimate of drug-likeness (QED) is 0.212. The van der Waals surface area contributed by atoms with E-state index in [0.717, 1.165) is 22.4 Å². The number of hydrogen-bond acceptors (Lipinski definition) is 6. The van der Waals surface area contributed by atoms with E-state index >= 15 is 0 Å². The average molecular weight is 442 g/mol. The number of rotatable bonds is 6. The highest BCUT2D eigenvalue weighted by Crippen LogP contribution is 2.27. The SMILES string of the molecule is COc1ccc(/C=C/C(=O)Oc2ccc3c(=O)c(Oc4cc(C)ccc4C)coc3c2)cc1. The molecule has 0 unspecified atom stereocenters. The average Bonchev–Trinajstić information content (AvgIpc) is 2.82. The van der Waals surface area contributed by atoms with E-state index < -0.39 is 5.97 Å². The first-order chi connectivity index (χ1) is 15.9. The van der Waals surface area contributed by atoms with Crippen LogP contribution >= 0.6 is 0 Å². The predicted octanol–water partition coefficient (Wildman–Crippen LogP) is 5.83. The molecule has 1 heterocycles. The minimum Gasteiger partial charge on any atom is -0.497 e. The molecule has 33 heavy (non-hydrogen) atoms. The van der Waals surface area contributed by atoms with E-state index in [4.69, 9.17) is 18.6 Å². The van der Waals surface area contributed by atoms with Gasteiger partial charge in [0.2, 0.25) is 11.2 Å². The molecule has 6 heteroatoms. The molecule has 0 amide bonds. The van der Waals surface area contributed by atoms with Crippen molar-refractivity contribution in [2.75, 3.05) is 7.11 Å². The lowest BCUT2D eigenvalue weighted by Gasteiger charge is -2.09. The summed E-state index contributed by atoms with van der Waals surface area (Å²) in [6.07, 6.45) is 4.23. The molecule has 0 saturated heterocycles. The molecule has 166 valence electrons. The summed E-state index contributed by atoms with van der Waals surface area (Å²) in [6.45, 7) is 3.85. The third-order valence-corrected chi connectivity index (χ3v) is 5.02. The lowest BCUT2D eigenvalue weighted by Crippen LogP contribution is -2.07. The van der Waals surface area contributed by atoms with Gasteiger partial charge in [-0.1, -0.05) is 24.3 Å². The van der Waals surface area contributed by atoms with Crippen LogP contribution in [-0.4, -0.2) is 13.1 Å². The third-order valence-electron chi connectivity index (χ3n) is 5.02. The molecule has 0 saturated carbocycles. The summed E-state index contributed by atoms with van der Waals surface area (Å²) >= 11 is 0. The summed E-state index contributed by atoms with van der Waals surface area (Å²) in [6, 6.07) is 17.6. The van der Waals surface area contributed by atoms with E-state index in [1.165, 1.54) is 18.4 Å². The maximum Gasteiger partial charge on any atom is 0.336 e. The third kappa shape index (κ3) is 5.13. The molecule has 0 radical (unpaired) electrons. The van der Waals surface area contributed by atoms with Crippen molar-refractivity contribution in [1.29, 1.82) is 0 Å². The topological polar surface area (TPSA) is 75.0 Å². The van der Waals surface area contributed by atoms with Gasteiger partial charge in [0.15, 0.2) is 0 Å². The number of methoxy groups -OCH3 is 1. The van der Waals surface area contributed by atoms with Gasteiger partial charge in [0.05, 0.1) is 12.5 Å². The van der Waals surface area contributed by atoms with Crippen LogP contribution in [0.1, 0.15) is 16.7 Å². The van der Waals surface area contributed by atoms with Crippen LogP contribution in [0.3, 0.4) is 0 Å². The minimum absolute atomic E-state index is 0.0865. The Morgan fingerprint density at radius 3 is 2.42 bits per heavy atom. The maximum atomic E-state index is 12.9. The molecule has 1 aromatic heterocycles. The summed E-state index contributed by atoms with van der Waals surface area (Å²) < 4.78 is 21.8. The summed E-state index contributed by atoms with van der Waals surface area (Å²) in [4.78, 5) is 25.0. The summed E-state index contributed by atoms with van der Waals surface area (Å²) in [5.74, 6) is 1.12. The molecule has 0 atom stereocenters. The summed E-state index contributed by atoms with van der Waals surface area (Å²) in [7, 11) is 1.59. The number of aryl methyl sites for hydroxylation is 2. The Kier molecular flexibility index (Phi) is 6.26. The number of hydrogen-bond donors (Lipinski definition) is 0. The van der Waals surface area contributed by atoms with Crippen molar-refractivity contribution in [1.82, 2.24) is 0 Å². The standard InChI is InChI=1S/C27H22O6/c1-17-4-5-18(2)23(14-17)33-25-16-31-24-15-21(11-12-22(24)27(25)29)32-26(28)13-8-19-6-9-20(30-3)10-7-19/h4-16H,1-3H3/b13-8+. The van der Waals surface area contributed by atoms with E-state index in [0.29, 0.717) is 11.1 Å². The number of benzene rings is 3. The summed E-state index contributed by atoms with van der Waals surface area (Å²) in [5.41, 5.74) is 2.74. The van der Waals surface area contributed by atoms with Crippen LogP contribution in [0.4, 0.5) is 0 Å². The van der Waals surface area contributed by atoms with Gasteiger partial charge >= 0.3 is 5.97 Å². The van der Waals surface area contributed by atoms with E-state index in [2.05, 4.69) is 0 Å². The van der Waals surface area contributed by atoms with Crippen molar-refractivity contribution in [3.8, 4) is 23.0 Å². The highest BCUT2D eigenvalue weighted by Gasteiger charge is 2.12. The van der Waals surface area contributed by atoms with E-state index in [1.54, 1.807) is 37.5 Å². The number of carbonyl (C=O) groups excluding carboxylic acids is 1. The molecule has 0 spiro atoms. The van der Waals surface area contributed by atoms with Crippen molar-refractivity contribution in [3.05, 3.63) is 99.9 Å². The molecule has 4 aromatic rings. The van der Waals surface area contributed by atoms with Gasteiger partial charge in [0.1, 0.15) is 29.1 Å². The molecule has 0 N–H and O–H groups in total. The Hall–Kier alpha value is -4.32. The molecule has 0 bridgehead atoms. The Balaban J connectivity index is 1.50. The van der Waals surface area contributed by atoms with Crippen molar-refractivity contribution in [2.24, 2.45) is 0 Å². The Bertz CT molecular complexity index is 1400. The van der Waals surface area contributed by atoms with Gasteiger partial charge in [0.25, 0.3) is 0 Å². The largest absolute Gasteiger partial charge is 0.497 e. The smallest absolute Gasteiger partial charge is 0.336 e. The molecule has 3 aromatic carbocycles. The first-order valence-corrected chi connectivity index (χ1v) is 10.3. The Morgan fingerprint density at radius 2 is 1.67 bits per heavy atom. The fourth-order valence-electron chi connectivity index (χ4n) is 3.19. The van der Waals surface area contributed by atoms with Gasteiger partial charge in [-0.2, -0.15) is 0 Å². The van der Waals surface area contributed by atoms with Crippen molar-refractivity contribution >= 4 is 23.0 Å².